The van der Waals surface area contributed by atoms with Crippen LogP contribution in [-0.2, 0) is 6.42 Å². The van der Waals surface area contributed by atoms with Crippen LogP contribution >= 0.6 is 0 Å². The molecule has 0 saturated carbocycles. The SMILES string of the molecule is O=C(Nc1ccccc1Cc1ccccc1)c1ccc2nc(C(F)F)[nH]c2c1. The van der Waals surface area contributed by atoms with E-state index in [4.69, 9.17) is 0 Å². The molecule has 4 rings (SSSR count). The number of H-pyrrole nitrogens is 1. The zero-order chi connectivity index (χ0) is 19.5. The summed E-state index contributed by atoms with van der Waals surface area (Å²) in [7, 11) is 0. The van der Waals surface area contributed by atoms with Gasteiger partial charge in [-0.2, -0.15) is 0 Å². The van der Waals surface area contributed by atoms with Crippen LogP contribution in [0.5, 0.6) is 0 Å². The topological polar surface area (TPSA) is 57.8 Å². The molecule has 4 aromatic rings. The number of hydrogen-bond acceptors (Lipinski definition) is 2. The minimum atomic E-state index is -2.69. The van der Waals surface area contributed by atoms with Crippen LogP contribution in [0.25, 0.3) is 11.0 Å². The van der Waals surface area contributed by atoms with Crippen molar-refractivity contribution in [2.45, 2.75) is 12.8 Å². The molecule has 1 heterocycles. The molecule has 0 aliphatic rings. The molecule has 1 amide bonds. The van der Waals surface area contributed by atoms with Gasteiger partial charge in [-0.15, -0.1) is 0 Å². The average molecular weight is 377 g/mol. The summed E-state index contributed by atoms with van der Waals surface area (Å²) in [5.41, 5.74) is 4.02. The number of anilines is 1. The number of amides is 1. The van der Waals surface area contributed by atoms with Crippen molar-refractivity contribution in [3.05, 3.63) is 95.3 Å². The monoisotopic (exact) mass is 377 g/mol. The molecule has 0 atom stereocenters. The van der Waals surface area contributed by atoms with Gasteiger partial charge >= 0.3 is 0 Å². The zero-order valence-corrected chi connectivity index (χ0v) is 14.8. The molecule has 0 fully saturated rings. The Hall–Kier alpha value is -3.54. The number of benzene rings is 3. The van der Waals surface area contributed by atoms with Crippen LogP contribution in [0.3, 0.4) is 0 Å². The van der Waals surface area contributed by atoms with E-state index in [-0.39, 0.29) is 5.91 Å². The third-order valence-corrected chi connectivity index (χ3v) is 4.47. The van der Waals surface area contributed by atoms with Gasteiger partial charge in [0.2, 0.25) is 0 Å². The van der Waals surface area contributed by atoms with E-state index in [0.717, 1.165) is 11.1 Å². The molecule has 0 radical (unpaired) electrons. The minimum absolute atomic E-state index is 0.310. The van der Waals surface area contributed by atoms with Crippen molar-refractivity contribution in [2.24, 2.45) is 0 Å². The summed E-state index contributed by atoms with van der Waals surface area (Å²) in [4.78, 5) is 19.1. The van der Waals surface area contributed by atoms with E-state index in [1.165, 1.54) is 6.07 Å². The molecule has 28 heavy (non-hydrogen) atoms. The fourth-order valence-corrected chi connectivity index (χ4v) is 3.08. The first-order chi connectivity index (χ1) is 13.6. The highest BCUT2D eigenvalue weighted by molar-refractivity contribution is 6.06. The number of nitrogens with zero attached hydrogens (tertiary/aromatic N) is 1. The Bertz CT molecular complexity index is 1120. The molecule has 0 bridgehead atoms. The lowest BCUT2D eigenvalue weighted by Crippen LogP contribution is -2.13. The molecule has 0 unspecified atom stereocenters. The molecule has 0 aliphatic heterocycles. The van der Waals surface area contributed by atoms with Crippen molar-refractivity contribution in [1.82, 2.24) is 9.97 Å². The van der Waals surface area contributed by atoms with Gasteiger partial charge in [-0.3, -0.25) is 4.79 Å². The fourth-order valence-electron chi connectivity index (χ4n) is 3.08. The van der Waals surface area contributed by atoms with Crippen LogP contribution in [0.15, 0.2) is 72.8 Å². The Kier molecular flexibility index (Phi) is 4.85. The number of carbonyl (C=O) groups excluding carboxylic acids is 1. The average Bonchev–Trinajstić information content (AvgIpc) is 3.14. The Balaban J connectivity index is 1.58. The van der Waals surface area contributed by atoms with Crippen LogP contribution in [0, 0.1) is 0 Å². The summed E-state index contributed by atoms with van der Waals surface area (Å²) in [6.07, 6.45) is -2.00. The second-order valence-corrected chi connectivity index (χ2v) is 6.43. The predicted octanol–water partition coefficient (Wildman–Crippen LogP) is 5.34. The Morgan fingerprint density at radius 1 is 1.00 bits per heavy atom. The van der Waals surface area contributed by atoms with Gasteiger partial charge < -0.3 is 10.3 Å². The van der Waals surface area contributed by atoms with Crippen LogP contribution in [0.4, 0.5) is 14.5 Å². The predicted molar refractivity (Wildman–Crippen MR) is 105 cm³/mol. The quantitative estimate of drug-likeness (QED) is 0.493. The van der Waals surface area contributed by atoms with Gasteiger partial charge in [-0.05, 0) is 41.8 Å². The van der Waals surface area contributed by atoms with Crippen molar-refractivity contribution in [1.29, 1.82) is 0 Å². The highest BCUT2D eigenvalue weighted by atomic mass is 19.3. The largest absolute Gasteiger partial charge is 0.337 e. The van der Waals surface area contributed by atoms with Gasteiger partial charge in [0.15, 0.2) is 5.82 Å². The van der Waals surface area contributed by atoms with E-state index in [2.05, 4.69) is 15.3 Å². The minimum Gasteiger partial charge on any atom is -0.337 e. The number of fused-ring (bicyclic) bond motifs is 1. The Morgan fingerprint density at radius 2 is 1.75 bits per heavy atom. The van der Waals surface area contributed by atoms with Gasteiger partial charge in [0.05, 0.1) is 11.0 Å². The number of rotatable bonds is 5. The summed E-state index contributed by atoms with van der Waals surface area (Å²) in [6, 6.07) is 22.2. The first-order valence-electron chi connectivity index (χ1n) is 8.81. The lowest BCUT2D eigenvalue weighted by atomic mass is 10.0. The number of nitrogens with one attached hydrogen (secondary N) is 2. The van der Waals surface area contributed by atoms with Gasteiger partial charge in [0.25, 0.3) is 12.3 Å². The highest BCUT2D eigenvalue weighted by Crippen LogP contribution is 2.23. The van der Waals surface area contributed by atoms with Crippen molar-refractivity contribution in [2.75, 3.05) is 5.32 Å². The number of imidazole rings is 1. The van der Waals surface area contributed by atoms with Gasteiger partial charge in [-0.25, -0.2) is 13.8 Å². The molecule has 0 saturated heterocycles. The Morgan fingerprint density at radius 3 is 2.54 bits per heavy atom. The first kappa shape index (κ1) is 17.9. The number of para-hydroxylation sites is 1. The number of aromatic amines is 1. The van der Waals surface area contributed by atoms with Crippen molar-refractivity contribution >= 4 is 22.6 Å². The van der Waals surface area contributed by atoms with E-state index in [9.17, 15) is 13.6 Å². The van der Waals surface area contributed by atoms with Crippen molar-refractivity contribution < 1.29 is 13.6 Å². The van der Waals surface area contributed by atoms with Crippen LogP contribution in [0.1, 0.15) is 33.7 Å². The molecule has 6 heteroatoms. The van der Waals surface area contributed by atoms with Crippen molar-refractivity contribution in [3.63, 3.8) is 0 Å². The van der Waals surface area contributed by atoms with E-state index in [1.54, 1.807) is 12.1 Å². The van der Waals surface area contributed by atoms with Crippen LogP contribution in [-0.4, -0.2) is 15.9 Å². The van der Waals surface area contributed by atoms with E-state index >= 15 is 0 Å². The maximum Gasteiger partial charge on any atom is 0.295 e. The molecule has 0 spiro atoms. The van der Waals surface area contributed by atoms with Gasteiger partial charge in [0.1, 0.15) is 0 Å². The number of carbonyl (C=O) groups is 1. The molecule has 1 aromatic heterocycles. The fraction of sp³-hybridized carbons (Fsp3) is 0.0909. The van der Waals surface area contributed by atoms with Crippen LogP contribution < -0.4 is 5.32 Å². The molecule has 0 aliphatic carbocycles. The van der Waals surface area contributed by atoms with E-state index in [0.29, 0.717) is 28.7 Å². The molecule has 4 nitrogen and oxygen atoms in total. The summed E-state index contributed by atoms with van der Waals surface area (Å²) >= 11 is 0. The summed E-state index contributed by atoms with van der Waals surface area (Å²) < 4.78 is 25.6. The number of aromatic nitrogens is 2. The second-order valence-electron chi connectivity index (χ2n) is 6.43. The van der Waals surface area contributed by atoms with Crippen LogP contribution in [0.2, 0.25) is 0 Å². The molecule has 140 valence electrons. The van der Waals surface area contributed by atoms with E-state index in [1.807, 2.05) is 54.6 Å². The zero-order valence-electron chi connectivity index (χ0n) is 14.8. The maximum absolute atomic E-state index is 12.8. The molecule has 3 aromatic carbocycles. The number of halogens is 2. The number of alkyl halides is 2. The standard InChI is InChI=1S/C22H17F2N3O/c23-20(24)21-25-18-11-10-16(13-19(18)26-21)22(28)27-17-9-5-4-8-15(17)12-14-6-2-1-3-7-14/h1-11,13,20H,12H2,(H,25,26)(H,27,28). The maximum atomic E-state index is 12.8. The van der Waals surface area contributed by atoms with Crippen molar-refractivity contribution in [3.8, 4) is 0 Å². The summed E-state index contributed by atoms with van der Waals surface area (Å²) in [6.45, 7) is 0. The lowest BCUT2D eigenvalue weighted by Gasteiger charge is -2.11. The lowest BCUT2D eigenvalue weighted by molar-refractivity contribution is 0.102. The smallest absolute Gasteiger partial charge is 0.295 e. The normalized spacial score (nSPS) is 11.1. The third-order valence-electron chi connectivity index (χ3n) is 4.47. The summed E-state index contributed by atoms with van der Waals surface area (Å²) in [5.74, 6) is -0.712. The van der Waals surface area contributed by atoms with Gasteiger partial charge in [-0.1, -0.05) is 48.5 Å². The Labute approximate surface area is 160 Å². The molecular formula is C22H17F2N3O. The molecule has 2 N–H and O–H groups in total. The van der Waals surface area contributed by atoms with Gasteiger partial charge in [0, 0.05) is 11.3 Å². The van der Waals surface area contributed by atoms with E-state index < -0.39 is 12.2 Å². The number of hydrogen-bond donors (Lipinski definition) is 2. The summed E-state index contributed by atoms with van der Waals surface area (Å²) in [5, 5.41) is 2.92. The second kappa shape index (κ2) is 7.60. The molecular weight excluding hydrogens is 360 g/mol. The highest BCUT2D eigenvalue weighted by Gasteiger charge is 2.15. The third kappa shape index (κ3) is 3.76. The first-order valence-corrected chi connectivity index (χ1v) is 8.81.